The second-order valence-corrected chi connectivity index (χ2v) is 6.62. The Balaban J connectivity index is 2.18. The zero-order valence-electron chi connectivity index (χ0n) is 13.8. The summed E-state index contributed by atoms with van der Waals surface area (Å²) >= 11 is 5.70. The highest BCUT2D eigenvalue weighted by molar-refractivity contribution is 6.30. The number of nitrogens with two attached hydrogens (primary N) is 1. The highest BCUT2D eigenvalue weighted by Crippen LogP contribution is 2.20. The Morgan fingerprint density at radius 3 is 2.92 bits per heavy atom. The van der Waals surface area contributed by atoms with Crippen LogP contribution in [0, 0.1) is 5.82 Å². The van der Waals surface area contributed by atoms with Gasteiger partial charge in [-0.05, 0) is 26.8 Å². The lowest BCUT2D eigenvalue weighted by Gasteiger charge is -2.34. The first-order valence-electron chi connectivity index (χ1n) is 7.40. The third kappa shape index (κ3) is 4.33. The summed E-state index contributed by atoms with van der Waals surface area (Å²) in [5.41, 5.74) is -0.362. The fraction of sp³-hybridized carbons (Fsp3) is 0.533. The molecule has 1 aliphatic rings. The quantitative estimate of drug-likeness (QED) is 0.379. The van der Waals surface area contributed by atoms with Crippen molar-refractivity contribution in [2.75, 3.05) is 19.7 Å². The van der Waals surface area contributed by atoms with E-state index in [1.165, 1.54) is 17.2 Å². The van der Waals surface area contributed by atoms with Gasteiger partial charge in [-0.3, -0.25) is 0 Å². The van der Waals surface area contributed by atoms with Crippen LogP contribution >= 0.6 is 11.6 Å². The van der Waals surface area contributed by atoms with Crippen molar-refractivity contribution in [1.82, 2.24) is 9.88 Å². The molecule has 2 N–H and O–H groups in total. The Morgan fingerprint density at radius 1 is 1.58 bits per heavy atom. The molecule has 0 aliphatic carbocycles. The fourth-order valence-electron chi connectivity index (χ4n) is 2.25. The van der Waals surface area contributed by atoms with Crippen LogP contribution < -0.4 is 5.84 Å². The molecule has 1 aromatic rings. The van der Waals surface area contributed by atoms with Crippen molar-refractivity contribution in [3.63, 3.8) is 0 Å². The lowest BCUT2D eigenvalue weighted by molar-refractivity contribution is -0.0208. The second-order valence-electron chi connectivity index (χ2n) is 6.26. The molecule has 9 heteroatoms. The maximum Gasteiger partial charge on any atom is 0.410 e. The fourth-order valence-corrected chi connectivity index (χ4v) is 2.41. The van der Waals surface area contributed by atoms with E-state index in [1.807, 2.05) is 0 Å². The number of amides is 1. The van der Waals surface area contributed by atoms with Gasteiger partial charge in [0.25, 0.3) is 0 Å². The van der Waals surface area contributed by atoms with Crippen LogP contribution in [0.4, 0.5) is 9.18 Å². The Morgan fingerprint density at radius 2 is 2.29 bits per heavy atom. The SMILES string of the molecule is CC(C)(C)OC(=O)N1CCOC(C(=NN)c2ccnc(Cl)c2F)C1. The molecule has 1 fully saturated rings. The van der Waals surface area contributed by atoms with Crippen LogP contribution in [0.1, 0.15) is 26.3 Å². The van der Waals surface area contributed by atoms with Gasteiger partial charge in [0.2, 0.25) is 0 Å². The zero-order valence-corrected chi connectivity index (χ0v) is 14.5. The summed E-state index contributed by atoms with van der Waals surface area (Å²) in [4.78, 5) is 17.3. The number of pyridine rings is 1. The van der Waals surface area contributed by atoms with Gasteiger partial charge in [0.1, 0.15) is 17.4 Å². The predicted molar refractivity (Wildman–Crippen MR) is 87.5 cm³/mol. The van der Waals surface area contributed by atoms with Crippen LogP contribution in [-0.4, -0.2) is 53.1 Å². The number of hydrogen-bond acceptors (Lipinski definition) is 6. The molecule has 1 aliphatic heterocycles. The van der Waals surface area contributed by atoms with E-state index in [-0.39, 0.29) is 29.6 Å². The van der Waals surface area contributed by atoms with Crippen LogP contribution in [0.15, 0.2) is 17.4 Å². The molecule has 7 nitrogen and oxygen atoms in total. The summed E-state index contributed by atoms with van der Waals surface area (Å²) in [6.07, 6.45) is 0.185. The average molecular weight is 359 g/mol. The van der Waals surface area contributed by atoms with Crippen LogP contribution in [0.2, 0.25) is 5.15 Å². The van der Waals surface area contributed by atoms with Crippen molar-refractivity contribution in [2.24, 2.45) is 10.9 Å². The first-order chi connectivity index (χ1) is 11.2. The normalized spacial score (nSPS) is 19.3. The summed E-state index contributed by atoms with van der Waals surface area (Å²) in [5.74, 6) is 4.69. The smallest absolute Gasteiger partial charge is 0.410 e. The van der Waals surface area contributed by atoms with Gasteiger partial charge in [-0.15, -0.1) is 0 Å². The highest BCUT2D eigenvalue weighted by atomic mass is 35.5. The Hall–Kier alpha value is -1.93. The summed E-state index contributed by atoms with van der Waals surface area (Å²) < 4.78 is 25.1. The van der Waals surface area contributed by atoms with Crippen molar-refractivity contribution in [3.05, 3.63) is 28.8 Å². The first-order valence-corrected chi connectivity index (χ1v) is 7.78. The molecule has 0 saturated carbocycles. The molecule has 1 unspecified atom stereocenters. The van der Waals surface area contributed by atoms with Crippen LogP contribution in [0.3, 0.4) is 0 Å². The van der Waals surface area contributed by atoms with E-state index in [9.17, 15) is 9.18 Å². The topological polar surface area (TPSA) is 90.0 Å². The number of nitrogens with zero attached hydrogens (tertiary/aromatic N) is 3. The highest BCUT2D eigenvalue weighted by Gasteiger charge is 2.32. The van der Waals surface area contributed by atoms with Gasteiger partial charge in [0, 0.05) is 18.3 Å². The van der Waals surface area contributed by atoms with E-state index in [2.05, 4.69) is 10.1 Å². The molecule has 1 saturated heterocycles. The van der Waals surface area contributed by atoms with Crippen molar-refractivity contribution in [2.45, 2.75) is 32.5 Å². The summed E-state index contributed by atoms with van der Waals surface area (Å²) in [6, 6.07) is 1.41. The van der Waals surface area contributed by atoms with E-state index in [4.69, 9.17) is 26.9 Å². The molecule has 2 rings (SSSR count). The van der Waals surface area contributed by atoms with Crippen molar-refractivity contribution in [3.8, 4) is 0 Å². The lowest BCUT2D eigenvalue weighted by Crippen LogP contribution is -2.50. The molecule has 24 heavy (non-hydrogen) atoms. The summed E-state index contributed by atoms with van der Waals surface area (Å²) in [6.45, 7) is 6.11. The minimum absolute atomic E-state index is 0.0912. The van der Waals surface area contributed by atoms with Crippen molar-refractivity contribution >= 4 is 23.4 Å². The van der Waals surface area contributed by atoms with E-state index >= 15 is 0 Å². The molecule has 132 valence electrons. The number of ether oxygens (including phenoxy) is 2. The van der Waals surface area contributed by atoms with Crippen molar-refractivity contribution in [1.29, 1.82) is 0 Å². The molecule has 0 spiro atoms. The molecule has 2 heterocycles. The van der Waals surface area contributed by atoms with Gasteiger partial charge in [-0.2, -0.15) is 5.10 Å². The molecular weight excluding hydrogens is 339 g/mol. The first kappa shape index (κ1) is 18.4. The van der Waals surface area contributed by atoms with Gasteiger partial charge in [-0.1, -0.05) is 11.6 Å². The number of morpholine rings is 1. The number of halogens is 2. The van der Waals surface area contributed by atoms with E-state index in [1.54, 1.807) is 20.8 Å². The third-order valence-corrected chi connectivity index (χ3v) is 3.55. The summed E-state index contributed by atoms with van der Waals surface area (Å²) in [7, 11) is 0. The number of rotatable bonds is 2. The molecule has 1 amide bonds. The molecule has 1 atom stereocenters. The molecule has 0 radical (unpaired) electrons. The van der Waals surface area contributed by atoms with E-state index < -0.39 is 23.6 Å². The monoisotopic (exact) mass is 358 g/mol. The van der Waals surface area contributed by atoms with Crippen LogP contribution in [0.25, 0.3) is 0 Å². The van der Waals surface area contributed by atoms with Gasteiger partial charge in [-0.25, -0.2) is 14.2 Å². The second kappa shape index (κ2) is 7.31. The zero-order chi connectivity index (χ0) is 17.9. The Kier molecular flexibility index (Phi) is 5.61. The van der Waals surface area contributed by atoms with Gasteiger partial charge >= 0.3 is 6.09 Å². The predicted octanol–water partition coefficient (Wildman–Crippen LogP) is 2.17. The number of hydrogen-bond donors (Lipinski definition) is 1. The van der Waals surface area contributed by atoms with Gasteiger partial charge in [0.05, 0.1) is 13.2 Å². The van der Waals surface area contributed by atoms with Crippen LogP contribution in [0.5, 0.6) is 0 Å². The van der Waals surface area contributed by atoms with Crippen molar-refractivity contribution < 1.29 is 18.7 Å². The van der Waals surface area contributed by atoms with Crippen LogP contribution in [-0.2, 0) is 9.47 Å². The Labute approximate surface area is 144 Å². The summed E-state index contributed by atoms with van der Waals surface area (Å²) in [5, 5.41) is 3.35. The lowest BCUT2D eigenvalue weighted by atomic mass is 10.0. The largest absolute Gasteiger partial charge is 0.444 e. The number of carbonyl (C=O) groups excluding carboxylic acids is 1. The van der Waals surface area contributed by atoms with E-state index in [0.29, 0.717) is 6.54 Å². The Bertz CT molecular complexity index is 648. The van der Waals surface area contributed by atoms with Gasteiger partial charge in [0.15, 0.2) is 11.0 Å². The number of carbonyl (C=O) groups is 1. The minimum atomic E-state index is -0.735. The molecular formula is C15H20ClFN4O3. The number of aromatic nitrogens is 1. The molecule has 1 aromatic heterocycles. The minimum Gasteiger partial charge on any atom is -0.444 e. The number of hydrazone groups is 1. The van der Waals surface area contributed by atoms with Gasteiger partial charge < -0.3 is 20.2 Å². The third-order valence-electron chi connectivity index (χ3n) is 3.28. The molecule has 0 aromatic carbocycles. The molecule has 0 bridgehead atoms. The standard InChI is InChI=1S/C15H20ClFN4O3/c1-15(2,3)24-14(22)21-6-7-23-10(8-21)12(20-18)9-4-5-19-13(16)11(9)17/h4-5,10H,6-8,18H2,1-3H3. The maximum atomic E-state index is 14.2. The average Bonchev–Trinajstić information content (AvgIpc) is 2.51. The maximum absolute atomic E-state index is 14.2. The van der Waals surface area contributed by atoms with E-state index in [0.717, 1.165) is 0 Å².